The van der Waals surface area contributed by atoms with E-state index in [-0.39, 0.29) is 5.57 Å². The van der Waals surface area contributed by atoms with Crippen molar-refractivity contribution in [1.82, 2.24) is 0 Å². The van der Waals surface area contributed by atoms with Crippen LogP contribution in [0.15, 0.2) is 30.4 Å². The summed E-state index contributed by atoms with van der Waals surface area (Å²) in [7, 11) is 1.22. The fourth-order valence-electron chi connectivity index (χ4n) is 1.13. The Morgan fingerprint density at radius 1 is 1.44 bits per heavy atom. The molecule has 5 heteroatoms. The first-order valence-corrected chi connectivity index (χ1v) is 5.13. The van der Waals surface area contributed by atoms with Crippen molar-refractivity contribution < 1.29 is 14.6 Å². The number of carbonyl (C=O) groups excluding carboxylic acids is 1. The molecule has 3 nitrogen and oxygen atoms in total. The number of aliphatic hydroxyl groups excluding tert-OH is 1. The van der Waals surface area contributed by atoms with Gasteiger partial charge in [-0.2, -0.15) is 0 Å². The van der Waals surface area contributed by atoms with Crippen molar-refractivity contribution in [3.63, 3.8) is 0 Å². The van der Waals surface area contributed by atoms with E-state index in [1.165, 1.54) is 19.2 Å². The first-order valence-electron chi connectivity index (χ1n) is 4.37. The van der Waals surface area contributed by atoms with Crippen LogP contribution in [0.25, 0.3) is 0 Å². The van der Waals surface area contributed by atoms with E-state index in [9.17, 15) is 9.90 Å². The topological polar surface area (TPSA) is 46.5 Å². The molecule has 1 rings (SSSR count). The van der Waals surface area contributed by atoms with Gasteiger partial charge in [0.2, 0.25) is 0 Å². The first kappa shape index (κ1) is 13.0. The summed E-state index contributed by atoms with van der Waals surface area (Å²) in [5, 5.41) is 10.5. The van der Waals surface area contributed by atoms with Crippen LogP contribution in [0.5, 0.6) is 0 Å². The molecule has 0 aliphatic heterocycles. The van der Waals surface area contributed by atoms with Crippen LogP contribution in [0.3, 0.4) is 0 Å². The van der Waals surface area contributed by atoms with E-state index in [1.807, 2.05) is 0 Å². The Bertz CT molecular complexity index is 429. The van der Waals surface area contributed by atoms with Crippen LogP contribution < -0.4 is 0 Å². The summed E-state index contributed by atoms with van der Waals surface area (Å²) in [5.41, 5.74) is 0.380. The highest BCUT2D eigenvalue weighted by Gasteiger charge is 2.19. The molecule has 1 atom stereocenters. The van der Waals surface area contributed by atoms with Crippen LogP contribution in [0.1, 0.15) is 11.7 Å². The summed E-state index contributed by atoms with van der Waals surface area (Å²) in [6.07, 6.45) is -1.15. The maximum Gasteiger partial charge on any atom is 0.336 e. The highest BCUT2D eigenvalue weighted by molar-refractivity contribution is 6.42. The monoisotopic (exact) mass is 260 g/mol. The molecule has 0 aliphatic rings. The van der Waals surface area contributed by atoms with Gasteiger partial charge in [-0.25, -0.2) is 4.79 Å². The zero-order valence-corrected chi connectivity index (χ0v) is 10.0. The predicted molar refractivity (Wildman–Crippen MR) is 62.6 cm³/mol. The Balaban J connectivity index is 2.96. The Morgan fingerprint density at radius 2 is 2.06 bits per heavy atom. The van der Waals surface area contributed by atoms with Gasteiger partial charge in [0.05, 0.1) is 22.7 Å². The van der Waals surface area contributed by atoms with Crippen molar-refractivity contribution in [2.45, 2.75) is 6.10 Å². The molecular formula is C11H10Cl2O3. The van der Waals surface area contributed by atoms with Crippen LogP contribution in [-0.2, 0) is 9.53 Å². The minimum absolute atomic E-state index is 0.0547. The normalized spacial score (nSPS) is 12.0. The summed E-state index contributed by atoms with van der Waals surface area (Å²) < 4.78 is 4.45. The van der Waals surface area contributed by atoms with E-state index in [2.05, 4.69) is 11.3 Å². The summed E-state index contributed by atoms with van der Waals surface area (Å²) in [6, 6.07) is 4.57. The van der Waals surface area contributed by atoms with Crippen LogP contribution >= 0.6 is 23.2 Å². The zero-order chi connectivity index (χ0) is 12.3. The molecule has 0 fully saturated rings. The van der Waals surface area contributed by atoms with Gasteiger partial charge < -0.3 is 9.84 Å². The molecule has 1 N–H and O–H groups in total. The fraction of sp³-hybridized carbons (Fsp3) is 0.182. The van der Waals surface area contributed by atoms with Crippen molar-refractivity contribution in [3.8, 4) is 0 Å². The number of methoxy groups -OCH3 is 1. The number of halogens is 2. The lowest BCUT2D eigenvalue weighted by Crippen LogP contribution is -2.11. The largest absolute Gasteiger partial charge is 0.466 e. The predicted octanol–water partition coefficient (Wildman–Crippen LogP) is 2.76. The molecule has 0 saturated carbocycles. The SMILES string of the molecule is C=C(C(=O)OC)[C@H](O)c1ccc(Cl)c(Cl)c1. The minimum Gasteiger partial charge on any atom is -0.466 e. The lowest BCUT2D eigenvalue weighted by molar-refractivity contribution is -0.137. The fourth-order valence-corrected chi connectivity index (χ4v) is 1.43. The lowest BCUT2D eigenvalue weighted by Gasteiger charge is -2.12. The molecule has 0 amide bonds. The van der Waals surface area contributed by atoms with Gasteiger partial charge in [-0.05, 0) is 17.7 Å². The number of esters is 1. The molecule has 86 valence electrons. The summed E-state index contributed by atoms with van der Waals surface area (Å²) in [5.74, 6) is -0.668. The van der Waals surface area contributed by atoms with Crippen molar-refractivity contribution in [3.05, 3.63) is 46.0 Å². The number of hydrogen-bond acceptors (Lipinski definition) is 3. The van der Waals surface area contributed by atoms with Gasteiger partial charge in [0, 0.05) is 0 Å². The highest BCUT2D eigenvalue weighted by Crippen LogP contribution is 2.28. The van der Waals surface area contributed by atoms with Crippen molar-refractivity contribution in [2.75, 3.05) is 7.11 Å². The third-order valence-corrected chi connectivity index (χ3v) is 2.78. The van der Waals surface area contributed by atoms with Gasteiger partial charge in [0.1, 0.15) is 6.10 Å². The standard InChI is InChI=1S/C11H10Cl2O3/c1-6(11(15)16-2)10(14)7-3-4-8(12)9(13)5-7/h3-5,10,14H,1H2,2H3/t10-/m0/s1. The van der Waals surface area contributed by atoms with Crippen molar-refractivity contribution in [2.24, 2.45) is 0 Å². The minimum atomic E-state index is -1.15. The van der Waals surface area contributed by atoms with Gasteiger partial charge in [-0.15, -0.1) is 0 Å². The number of carbonyl (C=O) groups is 1. The highest BCUT2D eigenvalue weighted by atomic mass is 35.5. The third kappa shape index (κ3) is 2.76. The van der Waals surface area contributed by atoms with Crippen LogP contribution in [0, 0.1) is 0 Å². The molecular weight excluding hydrogens is 251 g/mol. The number of ether oxygens (including phenoxy) is 1. The number of benzene rings is 1. The average Bonchev–Trinajstić information content (AvgIpc) is 2.29. The zero-order valence-electron chi connectivity index (χ0n) is 8.54. The van der Waals surface area contributed by atoms with E-state index in [0.717, 1.165) is 0 Å². The molecule has 0 bridgehead atoms. The van der Waals surface area contributed by atoms with Crippen LogP contribution in [0.4, 0.5) is 0 Å². The number of aliphatic hydroxyl groups is 1. The molecule has 16 heavy (non-hydrogen) atoms. The molecule has 0 aliphatic carbocycles. The molecule has 0 radical (unpaired) electrons. The first-order chi connectivity index (χ1) is 7.47. The third-order valence-electron chi connectivity index (χ3n) is 2.04. The molecule has 1 aromatic carbocycles. The molecule has 0 heterocycles. The smallest absolute Gasteiger partial charge is 0.336 e. The van der Waals surface area contributed by atoms with E-state index in [1.54, 1.807) is 6.07 Å². The Morgan fingerprint density at radius 3 is 2.56 bits per heavy atom. The van der Waals surface area contributed by atoms with Crippen molar-refractivity contribution >= 4 is 29.2 Å². The second-order valence-corrected chi connectivity index (χ2v) is 3.91. The molecule has 0 spiro atoms. The lowest BCUT2D eigenvalue weighted by atomic mass is 10.0. The second-order valence-electron chi connectivity index (χ2n) is 3.09. The summed E-state index contributed by atoms with van der Waals surface area (Å²) in [6.45, 7) is 3.45. The van der Waals surface area contributed by atoms with E-state index in [0.29, 0.717) is 15.6 Å². The molecule has 0 unspecified atom stereocenters. The van der Waals surface area contributed by atoms with Gasteiger partial charge in [-0.3, -0.25) is 0 Å². The van der Waals surface area contributed by atoms with Gasteiger partial charge in [0.25, 0.3) is 0 Å². The average molecular weight is 261 g/mol. The maximum absolute atomic E-state index is 11.1. The van der Waals surface area contributed by atoms with E-state index >= 15 is 0 Å². The number of rotatable bonds is 3. The Labute approximate surface area is 103 Å². The van der Waals surface area contributed by atoms with Gasteiger partial charge >= 0.3 is 5.97 Å². The second kappa shape index (κ2) is 5.34. The number of hydrogen-bond donors (Lipinski definition) is 1. The quantitative estimate of drug-likeness (QED) is 0.672. The van der Waals surface area contributed by atoms with Crippen LogP contribution in [0.2, 0.25) is 10.0 Å². The molecule has 0 aromatic heterocycles. The van der Waals surface area contributed by atoms with Crippen LogP contribution in [-0.4, -0.2) is 18.2 Å². The Kier molecular flexibility index (Phi) is 4.35. The summed E-state index contributed by atoms with van der Waals surface area (Å²) >= 11 is 11.5. The molecule has 0 saturated heterocycles. The van der Waals surface area contributed by atoms with Gasteiger partial charge in [0.15, 0.2) is 0 Å². The maximum atomic E-state index is 11.1. The van der Waals surface area contributed by atoms with Crippen molar-refractivity contribution in [1.29, 1.82) is 0 Å². The van der Waals surface area contributed by atoms with E-state index < -0.39 is 12.1 Å². The summed E-state index contributed by atoms with van der Waals surface area (Å²) in [4.78, 5) is 11.1. The Hall–Kier alpha value is -1.03. The molecule has 1 aromatic rings. The van der Waals surface area contributed by atoms with Gasteiger partial charge in [-0.1, -0.05) is 35.8 Å². The van der Waals surface area contributed by atoms with E-state index in [4.69, 9.17) is 23.2 Å².